The standard InChI is InChI=1S/C13H12N2O3/c16-11-4-1-3-10(7-11)15-13(17)9-18-12-5-2-6-14-8-12/h1-8,16H,9H2,(H,15,17). The quantitative estimate of drug-likeness (QED) is 0.860. The number of ether oxygens (including phenoxy) is 1. The fourth-order valence-corrected chi connectivity index (χ4v) is 1.36. The average molecular weight is 244 g/mol. The molecule has 5 nitrogen and oxygen atoms in total. The normalized spacial score (nSPS) is 9.78. The van der Waals surface area contributed by atoms with Gasteiger partial charge in [0.05, 0.1) is 6.20 Å². The van der Waals surface area contributed by atoms with Crippen molar-refractivity contribution in [1.29, 1.82) is 0 Å². The smallest absolute Gasteiger partial charge is 0.262 e. The highest BCUT2D eigenvalue weighted by molar-refractivity contribution is 5.92. The number of amides is 1. The molecule has 2 rings (SSSR count). The number of nitrogens with one attached hydrogen (secondary N) is 1. The summed E-state index contributed by atoms with van der Waals surface area (Å²) < 4.78 is 5.23. The van der Waals surface area contributed by atoms with Crippen LogP contribution in [0.25, 0.3) is 0 Å². The van der Waals surface area contributed by atoms with Gasteiger partial charge >= 0.3 is 0 Å². The number of aromatic hydroxyl groups is 1. The molecule has 0 radical (unpaired) electrons. The molecule has 1 aromatic carbocycles. The van der Waals surface area contributed by atoms with Gasteiger partial charge in [0.25, 0.3) is 5.91 Å². The number of carbonyl (C=O) groups is 1. The number of hydrogen-bond acceptors (Lipinski definition) is 4. The summed E-state index contributed by atoms with van der Waals surface area (Å²) in [6, 6.07) is 9.76. The van der Waals surface area contributed by atoms with Crippen molar-refractivity contribution < 1.29 is 14.6 Å². The third-order valence-electron chi connectivity index (χ3n) is 2.13. The lowest BCUT2D eigenvalue weighted by Crippen LogP contribution is -2.20. The first-order valence-corrected chi connectivity index (χ1v) is 5.36. The number of rotatable bonds is 4. The Morgan fingerprint density at radius 3 is 2.94 bits per heavy atom. The molecular weight excluding hydrogens is 232 g/mol. The van der Waals surface area contributed by atoms with Crippen LogP contribution < -0.4 is 10.1 Å². The number of hydrogen-bond donors (Lipinski definition) is 2. The molecule has 0 saturated carbocycles. The molecule has 0 spiro atoms. The van der Waals surface area contributed by atoms with Crippen LogP contribution in [-0.2, 0) is 4.79 Å². The largest absolute Gasteiger partial charge is 0.508 e. The molecule has 0 unspecified atom stereocenters. The monoisotopic (exact) mass is 244 g/mol. The van der Waals surface area contributed by atoms with Gasteiger partial charge in [-0.25, -0.2) is 0 Å². The van der Waals surface area contributed by atoms with Gasteiger partial charge in [0.15, 0.2) is 6.61 Å². The summed E-state index contributed by atoms with van der Waals surface area (Å²) in [6.45, 7) is -0.110. The summed E-state index contributed by atoms with van der Waals surface area (Å²) in [4.78, 5) is 15.4. The minimum Gasteiger partial charge on any atom is -0.508 e. The fourth-order valence-electron chi connectivity index (χ4n) is 1.36. The molecule has 0 saturated heterocycles. The maximum atomic E-state index is 11.6. The predicted octanol–water partition coefficient (Wildman–Crippen LogP) is 1.80. The molecule has 0 bridgehead atoms. The molecule has 1 amide bonds. The average Bonchev–Trinajstić information content (AvgIpc) is 2.38. The Morgan fingerprint density at radius 2 is 2.22 bits per heavy atom. The van der Waals surface area contributed by atoms with Crippen LogP contribution in [0.2, 0.25) is 0 Å². The number of phenols is 1. The highest BCUT2D eigenvalue weighted by atomic mass is 16.5. The minimum absolute atomic E-state index is 0.0981. The third-order valence-corrected chi connectivity index (χ3v) is 2.13. The van der Waals surface area contributed by atoms with E-state index >= 15 is 0 Å². The summed E-state index contributed by atoms with van der Waals surface area (Å²) in [5, 5.41) is 11.9. The Hall–Kier alpha value is -2.56. The molecule has 92 valence electrons. The van der Waals surface area contributed by atoms with E-state index in [4.69, 9.17) is 4.74 Å². The number of phenolic OH excluding ortho intramolecular Hbond substituents is 1. The minimum atomic E-state index is -0.301. The molecule has 1 aromatic heterocycles. The molecular formula is C13H12N2O3. The van der Waals surface area contributed by atoms with Gasteiger partial charge in [-0.15, -0.1) is 0 Å². The Labute approximate surface area is 104 Å². The van der Waals surface area contributed by atoms with Crippen molar-refractivity contribution in [2.75, 3.05) is 11.9 Å². The SMILES string of the molecule is O=C(COc1cccnc1)Nc1cccc(O)c1. The van der Waals surface area contributed by atoms with Crippen molar-refractivity contribution in [1.82, 2.24) is 4.98 Å². The molecule has 5 heteroatoms. The summed E-state index contributed by atoms with van der Waals surface area (Å²) >= 11 is 0. The zero-order valence-electron chi connectivity index (χ0n) is 9.54. The van der Waals surface area contributed by atoms with Gasteiger partial charge in [-0.05, 0) is 24.3 Å². The molecule has 0 aliphatic carbocycles. The molecule has 0 aliphatic heterocycles. The first kappa shape index (κ1) is 11.9. The Balaban J connectivity index is 1.86. The number of carbonyl (C=O) groups excluding carboxylic acids is 1. The third kappa shape index (κ3) is 3.48. The van der Waals surface area contributed by atoms with Crippen molar-refractivity contribution in [3.05, 3.63) is 48.8 Å². The van der Waals surface area contributed by atoms with Gasteiger partial charge in [0, 0.05) is 18.0 Å². The summed E-state index contributed by atoms with van der Waals surface area (Å²) in [5.41, 5.74) is 0.523. The Bertz CT molecular complexity index is 529. The van der Waals surface area contributed by atoms with E-state index in [0.29, 0.717) is 11.4 Å². The van der Waals surface area contributed by atoms with Crippen molar-refractivity contribution in [2.45, 2.75) is 0 Å². The second-order valence-electron chi connectivity index (χ2n) is 3.58. The molecule has 2 aromatic rings. The van der Waals surface area contributed by atoms with Crippen LogP contribution >= 0.6 is 0 Å². The topological polar surface area (TPSA) is 71.5 Å². The lowest BCUT2D eigenvalue weighted by molar-refractivity contribution is -0.118. The molecule has 18 heavy (non-hydrogen) atoms. The van der Waals surface area contributed by atoms with Crippen molar-refractivity contribution in [3.63, 3.8) is 0 Å². The van der Waals surface area contributed by atoms with Crippen LogP contribution in [-0.4, -0.2) is 22.6 Å². The highest BCUT2D eigenvalue weighted by Crippen LogP contribution is 2.15. The highest BCUT2D eigenvalue weighted by Gasteiger charge is 2.04. The second-order valence-corrected chi connectivity index (χ2v) is 3.58. The number of aromatic nitrogens is 1. The van der Waals surface area contributed by atoms with Gasteiger partial charge in [-0.2, -0.15) is 0 Å². The van der Waals surface area contributed by atoms with E-state index < -0.39 is 0 Å². The maximum absolute atomic E-state index is 11.6. The van der Waals surface area contributed by atoms with E-state index in [-0.39, 0.29) is 18.3 Å². The number of benzene rings is 1. The van der Waals surface area contributed by atoms with Gasteiger partial charge in [-0.1, -0.05) is 6.07 Å². The number of nitrogens with zero attached hydrogens (tertiary/aromatic N) is 1. The van der Waals surface area contributed by atoms with E-state index in [1.165, 1.54) is 18.3 Å². The van der Waals surface area contributed by atoms with Crippen molar-refractivity contribution in [2.24, 2.45) is 0 Å². The van der Waals surface area contributed by atoms with Crippen LogP contribution in [0.15, 0.2) is 48.8 Å². The van der Waals surface area contributed by atoms with Crippen LogP contribution in [0, 0.1) is 0 Å². The predicted molar refractivity (Wildman–Crippen MR) is 66.5 cm³/mol. The fraction of sp³-hybridized carbons (Fsp3) is 0.0769. The van der Waals surface area contributed by atoms with Gasteiger partial charge in [0.2, 0.25) is 0 Å². The zero-order valence-corrected chi connectivity index (χ0v) is 9.54. The van der Waals surface area contributed by atoms with E-state index in [1.54, 1.807) is 30.5 Å². The molecule has 2 N–H and O–H groups in total. The van der Waals surface area contributed by atoms with E-state index in [2.05, 4.69) is 10.3 Å². The summed E-state index contributed by atoms with van der Waals surface area (Å²) in [5.74, 6) is 0.328. The lowest BCUT2D eigenvalue weighted by Gasteiger charge is -2.07. The Morgan fingerprint density at radius 1 is 1.33 bits per heavy atom. The van der Waals surface area contributed by atoms with Crippen LogP contribution in [0.5, 0.6) is 11.5 Å². The first-order valence-electron chi connectivity index (χ1n) is 5.36. The van der Waals surface area contributed by atoms with Gasteiger partial charge in [-0.3, -0.25) is 9.78 Å². The van der Waals surface area contributed by atoms with E-state index in [0.717, 1.165) is 0 Å². The second kappa shape index (κ2) is 5.67. The van der Waals surface area contributed by atoms with E-state index in [9.17, 15) is 9.90 Å². The van der Waals surface area contributed by atoms with Crippen molar-refractivity contribution >= 4 is 11.6 Å². The van der Waals surface area contributed by atoms with Gasteiger partial charge < -0.3 is 15.2 Å². The molecule has 1 heterocycles. The van der Waals surface area contributed by atoms with Gasteiger partial charge in [0.1, 0.15) is 11.5 Å². The summed E-state index contributed by atoms with van der Waals surface area (Å²) in [6.07, 6.45) is 3.15. The van der Waals surface area contributed by atoms with Crippen LogP contribution in [0.4, 0.5) is 5.69 Å². The zero-order chi connectivity index (χ0) is 12.8. The number of anilines is 1. The van der Waals surface area contributed by atoms with Crippen LogP contribution in [0.1, 0.15) is 0 Å². The maximum Gasteiger partial charge on any atom is 0.262 e. The molecule has 0 atom stereocenters. The molecule has 0 aliphatic rings. The van der Waals surface area contributed by atoms with Crippen LogP contribution in [0.3, 0.4) is 0 Å². The number of pyridine rings is 1. The lowest BCUT2D eigenvalue weighted by atomic mass is 10.3. The Kier molecular flexibility index (Phi) is 3.76. The molecule has 0 fully saturated rings. The van der Waals surface area contributed by atoms with Crippen molar-refractivity contribution in [3.8, 4) is 11.5 Å². The summed E-state index contributed by atoms with van der Waals surface area (Å²) in [7, 11) is 0. The van der Waals surface area contributed by atoms with E-state index in [1.807, 2.05) is 0 Å². The first-order chi connectivity index (χ1) is 8.74.